The normalized spacial score (nSPS) is 10.8. The molecule has 1 heterocycles. The van der Waals surface area contributed by atoms with Gasteiger partial charge in [-0.2, -0.15) is 8.78 Å². The van der Waals surface area contributed by atoms with Crippen LogP contribution in [0.5, 0.6) is 5.75 Å². The van der Waals surface area contributed by atoms with Crippen LogP contribution in [0, 0.1) is 6.92 Å². The molecular formula is C14H14F2N2OS. The smallest absolute Gasteiger partial charge is 0.288 e. The average Bonchev–Trinajstić information content (AvgIpc) is 2.41. The summed E-state index contributed by atoms with van der Waals surface area (Å²) in [5, 5.41) is 12.8. The van der Waals surface area contributed by atoms with Gasteiger partial charge in [-0.3, -0.25) is 4.98 Å². The standard InChI is InChI=1S/C14H14F2N2OS/c1-9-2-7-13(19)12(18-9)8-17-10-3-5-11(6-4-10)20-14(15)16/h2-7,14,17,19H,8H2,1H3. The highest BCUT2D eigenvalue weighted by Crippen LogP contribution is 2.26. The van der Waals surface area contributed by atoms with Gasteiger partial charge in [0.15, 0.2) is 0 Å². The van der Waals surface area contributed by atoms with Crippen molar-refractivity contribution in [3.8, 4) is 5.75 Å². The van der Waals surface area contributed by atoms with E-state index in [1.165, 1.54) is 0 Å². The second-order valence-electron chi connectivity index (χ2n) is 4.17. The van der Waals surface area contributed by atoms with Gasteiger partial charge in [0.25, 0.3) is 5.76 Å². The molecule has 0 saturated heterocycles. The average molecular weight is 296 g/mol. The molecule has 1 aromatic heterocycles. The summed E-state index contributed by atoms with van der Waals surface area (Å²) in [6.07, 6.45) is 0. The first-order chi connectivity index (χ1) is 9.54. The second kappa shape index (κ2) is 6.56. The molecule has 0 aliphatic rings. The number of benzene rings is 1. The number of hydrogen-bond acceptors (Lipinski definition) is 4. The molecule has 1 aromatic carbocycles. The van der Waals surface area contributed by atoms with Gasteiger partial charge in [0.05, 0.1) is 6.54 Å². The topological polar surface area (TPSA) is 45.1 Å². The Morgan fingerprint density at radius 1 is 1.20 bits per heavy atom. The summed E-state index contributed by atoms with van der Waals surface area (Å²) >= 11 is 0.513. The van der Waals surface area contributed by atoms with E-state index in [9.17, 15) is 13.9 Å². The van der Waals surface area contributed by atoms with Crippen molar-refractivity contribution in [2.24, 2.45) is 0 Å². The number of nitrogens with zero attached hydrogens (tertiary/aromatic N) is 1. The molecule has 20 heavy (non-hydrogen) atoms. The lowest BCUT2D eigenvalue weighted by molar-refractivity contribution is 0.252. The number of aryl methyl sites for hydroxylation is 1. The van der Waals surface area contributed by atoms with Crippen LogP contribution in [-0.2, 0) is 6.54 Å². The molecular weight excluding hydrogens is 282 g/mol. The minimum atomic E-state index is -2.41. The summed E-state index contributed by atoms with van der Waals surface area (Å²) < 4.78 is 24.4. The third-order valence-electron chi connectivity index (χ3n) is 2.63. The number of alkyl halides is 2. The zero-order valence-corrected chi connectivity index (χ0v) is 11.6. The van der Waals surface area contributed by atoms with Gasteiger partial charge >= 0.3 is 0 Å². The summed E-state index contributed by atoms with van der Waals surface area (Å²) in [6.45, 7) is 2.22. The predicted molar refractivity (Wildman–Crippen MR) is 76.3 cm³/mol. The minimum absolute atomic E-state index is 0.132. The summed E-state index contributed by atoms with van der Waals surface area (Å²) in [4.78, 5) is 4.74. The number of aromatic hydroxyl groups is 1. The Morgan fingerprint density at radius 3 is 2.55 bits per heavy atom. The van der Waals surface area contributed by atoms with Crippen molar-refractivity contribution >= 4 is 17.4 Å². The van der Waals surface area contributed by atoms with Gasteiger partial charge in [-0.25, -0.2) is 0 Å². The number of anilines is 1. The van der Waals surface area contributed by atoms with Crippen LogP contribution in [0.4, 0.5) is 14.5 Å². The molecule has 0 saturated carbocycles. The molecule has 0 radical (unpaired) electrons. The molecule has 0 aliphatic heterocycles. The van der Waals surface area contributed by atoms with E-state index in [2.05, 4.69) is 10.3 Å². The summed E-state index contributed by atoms with van der Waals surface area (Å²) in [6, 6.07) is 10.0. The largest absolute Gasteiger partial charge is 0.506 e. The molecule has 0 fully saturated rings. The van der Waals surface area contributed by atoms with Crippen LogP contribution >= 0.6 is 11.8 Å². The summed E-state index contributed by atoms with van der Waals surface area (Å²) in [5.41, 5.74) is 2.16. The fourth-order valence-corrected chi connectivity index (χ4v) is 2.17. The van der Waals surface area contributed by atoms with E-state index < -0.39 is 5.76 Å². The lowest BCUT2D eigenvalue weighted by atomic mass is 10.2. The van der Waals surface area contributed by atoms with Gasteiger partial charge < -0.3 is 10.4 Å². The van der Waals surface area contributed by atoms with Crippen LogP contribution in [0.1, 0.15) is 11.4 Å². The van der Waals surface area contributed by atoms with E-state index in [4.69, 9.17) is 0 Å². The summed E-state index contributed by atoms with van der Waals surface area (Å²) in [5.74, 6) is -2.28. The first-order valence-corrected chi connectivity index (χ1v) is 6.87. The van der Waals surface area contributed by atoms with Crippen molar-refractivity contribution in [3.63, 3.8) is 0 Å². The number of nitrogens with one attached hydrogen (secondary N) is 1. The Bertz CT molecular complexity index is 576. The maximum absolute atomic E-state index is 12.2. The first kappa shape index (κ1) is 14.6. The fraction of sp³-hybridized carbons (Fsp3) is 0.214. The molecule has 106 valence electrons. The molecule has 0 atom stereocenters. The Balaban J connectivity index is 1.98. The maximum Gasteiger partial charge on any atom is 0.288 e. The molecule has 0 unspecified atom stereocenters. The summed E-state index contributed by atoms with van der Waals surface area (Å²) in [7, 11) is 0. The van der Waals surface area contributed by atoms with Crippen LogP contribution in [0.25, 0.3) is 0 Å². The van der Waals surface area contributed by atoms with Crippen LogP contribution in [0.2, 0.25) is 0 Å². The number of thioether (sulfide) groups is 1. The zero-order chi connectivity index (χ0) is 14.5. The maximum atomic E-state index is 12.2. The van der Waals surface area contributed by atoms with E-state index in [1.54, 1.807) is 36.4 Å². The molecule has 0 amide bonds. The van der Waals surface area contributed by atoms with Gasteiger partial charge in [0.1, 0.15) is 11.4 Å². The highest BCUT2D eigenvalue weighted by atomic mass is 32.2. The Morgan fingerprint density at radius 2 is 1.90 bits per heavy atom. The molecule has 2 rings (SSSR count). The van der Waals surface area contributed by atoms with Gasteiger partial charge in [0, 0.05) is 16.3 Å². The number of halogens is 2. The fourth-order valence-electron chi connectivity index (χ4n) is 1.67. The number of pyridine rings is 1. The van der Waals surface area contributed by atoms with Crippen molar-refractivity contribution in [2.45, 2.75) is 24.1 Å². The zero-order valence-electron chi connectivity index (χ0n) is 10.8. The Labute approximate surface area is 120 Å². The minimum Gasteiger partial charge on any atom is -0.506 e. The number of aromatic nitrogens is 1. The lowest BCUT2D eigenvalue weighted by Crippen LogP contribution is -2.02. The molecule has 2 aromatic rings. The molecule has 3 nitrogen and oxygen atoms in total. The van der Waals surface area contributed by atoms with Gasteiger partial charge in [-0.05, 0) is 43.3 Å². The highest BCUT2D eigenvalue weighted by Gasteiger charge is 2.06. The highest BCUT2D eigenvalue weighted by molar-refractivity contribution is 7.99. The van der Waals surface area contributed by atoms with Crippen molar-refractivity contribution in [3.05, 3.63) is 47.8 Å². The lowest BCUT2D eigenvalue weighted by Gasteiger charge is -2.09. The van der Waals surface area contributed by atoms with Gasteiger partial charge in [-0.1, -0.05) is 11.8 Å². The van der Waals surface area contributed by atoms with Crippen LogP contribution in [-0.4, -0.2) is 15.8 Å². The predicted octanol–water partition coefficient (Wildman–Crippen LogP) is 4.02. The third kappa shape index (κ3) is 4.09. The van der Waals surface area contributed by atoms with Crippen LogP contribution in [0.15, 0.2) is 41.3 Å². The Hall–Kier alpha value is -1.82. The monoisotopic (exact) mass is 296 g/mol. The Kier molecular flexibility index (Phi) is 4.79. The van der Waals surface area contributed by atoms with E-state index >= 15 is 0 Å². The third-order valence-corrected chi connectivity index (χ3v) is 3.35. The first-order valence-electron chi connectivity index (χ1n) is 5.99. The van der Waals surface area contributed by atoms with E-state index in [-0.39, 0.29) is 5.75 Å². The van der Waals surface area contributed by atoms with Crippen molar-refractivity contribution in [1.82, 2.24) is 4.98 Å². The van der Waals surface area contributed by atoms with Gasteiger partial charge in [-0.15, -0.1) is 0 Å². The molecule has 2 N–H and O–H groups in total. The SMILES string of the molecule is Cc1ccc(O)c(CNc2ccc(SC(F)F)cc2)n1. The van der Waals surface area contributed by atoms with Crippen LogP contribution in [0.3, 0.4) is 0 Å². The van der Waals surface area contributed by atoms with Gasteiger partial charge in [0.2, 0.25) is 0 Å². The number of rotatable bonds is 5. The second-order valence-corrected chi connectivity index (χ2v) is 5.24. The van der Waals surface area contributed by atoms with E-state index in [1.807, 2.05) is 6.92 Å². The molecule has 6 heteroatoms. The van der Waals surface area contributed by atoms with Crippen molar-refractivity contribution in [1.29, 1.82) is 0 Å². The van der Waals surface area contributed by atoms with E-state index in [0.29, 0.717) is 28.9 Å². The molecule has 0 aliphatic carbocycles. The quantitative estimate of drug-likeness (QED) is 0.818. The van der Waals surface area contributed by atoms with Crippen LogP contribution < -0.4 is 5.32 Å². The van der Waals surface area contributed by atoms with E-state index in [0.717, 1.165) is 11.4 Å². The molecule has 0 spiro atoms. The number of hydrogen-bond donors (Lipinski definition) is 2. The van der Waals surface area contributed by atoms with Crippen molar-refractivity contribution < 1.29 is 13.9 Å². The van der Waals surface area contributed by atoms with Crippen molar-refractivity contribution in [2.75, 3.05) is 5.32 Å². The molecule has 0 bridgehead atoms.